The minimum Gasteiger partial charge on any atom is -0.361 e. The molecule has 0 spiro atoms. The molecule has 0 aliphatic heterocycles. The molecule has 0 unspecified atom stereocenters. The van der Waals surface area contributed by atoms with Gasteiger partial charge in [0.2, 0.25) is 0 Å². The molecule has 2 heterocycles. The Bertz CT molecular complexity index is 1050. The Morgan fingerprint density at radius 1 is 0.846 bits per heavy atom. The number of anilines is 2. The minimum atomic E-state index is -4.33. The van der Waals surface area contributed by atoms with Crippen LogP contribution in [0.4, 0.5) is 24.7 Å². The second-order valence-electron chi connectivity index (χ2n) is 5.91. The number of nitrogens with one attached hydrogen (secondary N) is 2. The number of hydrogen-bond acceptors (Lipinski definition) is 2. The average Bonchev–Trinajstić information content (AvgIpc) is 3.09. The average molecular weight is 353 g/mol. The van der Waals surface area contributed by atoms with Crippen molar-refractivity contribution in [2.45, 2.75) is 6.18 Å². The second-order valence-corrected chi connectivity index (χ2v) is 5.91. The molecule has 3 nitrogen and oxygen atoms in total. The Labute approximate surface area is 147 Å². The lowest BCUT2D eigenvalue weighted by atomic mass is 10.0. The molecule has 0 aliphatic carbocycles. The van der Waals surface area contributed by atoms with Crippen LogP contribution in [0.5, 0.6) is 0 Å². The molecule has 130 valence electrons. The lowest BCUT2D eigenvalue weighted by Crippen LogP contribution is -2.04. The number of fused-ring (bicyclic) bond motifs is 1. The Morgan fingerprint density at radius 3 is 2.42 bits per heavy atom. The first kappa shape index (κ1) is 16.2. The van der Waals surface area contributed by atoms with Crippen molar-refractivity contribution in [2.75, 3.05) is 5.32 Å². The third-order valence-electron chi connectivity index (χ3n) is 4.13. The molecule has 4 rings (SSSR count). The molecule has 2 aromatic heterocycles. The summed E-state index contributed by atoms with van der Waals surface area (Å²) in [6.45, 7) is 0. The van der Waals surface area contributed by atoms with Crippen molar-refractivity contribution in [2.24, 2.45) is 0 Å². The van der Waals surface area contributed by atoms with Gasteiger partial charge >= 0.3 is 6.18 Å². The van der Waals surface area contributed by atoms with E-state index in [0.717, 1.165) is 34.3 Å². The van der Waals surface area contributed by atoms with E-state index in [2.05, 4.69) is 15.3 Å². The van der Waals surface area contributed by atoms with Gasteiger partial charge in [-0.25, -0.2) is 4.98 Å². The number of benzene rings is 2. The van der Waals surface area contributed by atoms with E-state index in [1.54, 1.807) is 12.3 Å². The fourth-order valence-corrected chi connectivity index (χ4v) is 2.80. The number of hydrogen-bond donors (Lipinski definition) is 2. The number of halogens is 3. The molecule has 0 radical (unpaired) electrons. The standard InChI is InChI=1S/C20H14F3N3/c21-20(22,23)16-4-1-13(2-5-16)15-8-10-25-19(11-15)26-17-6-3-14-7-9-24-18(14)12-17/h1-12,24H,(H,25,26). The van der Waals surface area contributed by atoms with Gasteiger partial charge in [-0.3, -0.25) is 0 Å². The molecular formula is C20H14F3N3. The van der Waals surface area contributed by atoms with Crippen molar-refractivity contribution in [1.82, 2.24) is 9.97 Å². The number of rotatable bonds is 3. The van der Waals surface area contributed by atoms with E-state index in [0.29, 0.717) is 11.4 Å². The van der Waals surface area contributed by atoms with E-state index in [4.69, 9.17) is 0 Å². The van der Waals surface area contributed by atoms with E-state index in [1.807, 2.05) is 36.5 Å². The van der Waals surface area contributed by atoms with E-state index in [9.17, 15) is 13.2 Å². The van der Waals surface area contributed by atoms with Crippen LogP contribution in [-0.4, -0.2) is 9.97 Å². The van der Waals surface area contributed by atoms with Gasteiger partial charge in [-0.05, 0) is 59.0 Å². The van der Waals surface area contributed by atoms with E-state index in [1.165, 1.54) is 12.1 Å². The number of aromatic nitrogens is 2. The van der Waals surface area contributed by atoms with Crippen molar-refractivity contribution < 1.29 is 13.2 Å². The fraction of sp³-hybridized carbons (Fsp3) is 0.0500. The van der Waals surface area contributed by atoms with Crippen LogP contribution >= 0.6 is 0 Å². The second kappa shape index (κ2) is 6.22. The van der Waals surface area contributed by atoms with Crippen molar-refractivity contribution in [3.05, 3.63) is 78.6 Å². The highest BCUT2D eigenvalue weighted by Gasteiger charge is 2.29. The first-order chi connectivity index (χ1) is 12.5. The summed E-state index contributed by atoms with van der Waals surface area (Å²) in [7, 11) is 0. The molecular weight excluding hydrogens is 339 g/mol. The van der Waals surface area contributed by atoms with Gasteiger partial charge < -0.3 is 10.3 Å². The molecule has 0 amide bonds. The van der Waals surface area contributed by atoms with Crippen LogP contribution in [-0.2, 0) is 6.18 Å². The topological polar surface area (TPSA) is 40.7 Å². The number of alkyl halides is 3. The molecule has 0 aliphatic rings. The van der Waals surface area contributed by atoms with Gasteiger partial charge in [-0.2, -0.15) is 13.2 Å². The van der Waals surface area contributed by atoms with Crippen LogP contribution in [0.1, 0.15) is 5.56 Å². The van der Waals surface area contributed by atoms with Gasteiger partial charge in [0.05, 0.1) is 5.56 Å². The lowest BCUT2D eigenvalue weighted by Gasteiger charge is -2.10. The predicted molar refractivity (Wildman–Crippen MR) is 96.3 cm³/mol. The zero-order valence-corrected chi connectivity index (χ0v) is 13.5. The van der Waals surface area contributed by atoms with Gasteiger partial charge in [-0.1, -0.05) is 18.2 Å². The smallest absolute Gasteiger partial charge is 0.361 e. The van der Waals surface area contributed by atoms with Crippen molar-refractivity contribution in [3.8, 4) is 11.1 Å². The van der Waals surface area contributed by atoms with Crippen LogP contribution < -0.4 is 5.32 Å². The fourth-order valence-electron chi connectivity index (χ4n) is 2.80. The zero-order chi connectivity index (χ0) is 18.1. The number of aromatic amines is 1. The molecule has 2 aromatic carbocycles. The Morgan fingerprint density at radius 2 is 1.65 bits per heavy atom. The Kier molecular flexibility index (Phi) is 3.88. The molecule has 0 atom stereocenters. The molecule has 0 saturated heterocycles. The van der Waals surface area contributed by atoms with Gasteiger partial charge in [-0.15, -0.1) is 0 Å². The summed E-state index contributed by atoms with van der Waals surface area (Å²) in [5.41, 5.74) is 2.71. The van der Waals surface area contributed by atoms with Crippen molar-refractivity contribution >= 4 is 22.4 Å². The normalized spacial score (nSPS) is 11.7. The Balaban J connectivity index is 1.60. The first-order valence-corrected chi connectivity index (χ1v) is 7.97. The summed E-state index contributed by atoms with van der Waals surface area (Å²) in [4.78, 5) is 7.43. The van der Waals surface area contributed by atoms with Gasteiger partial charge in [0.1, 0.15) is 5.82 Å². The lowest BCUT2D eigenvalue weighted by molar-refractivity contribution is -0.137. The highest BCUT2D eigenvalue weighted by molar-refractivity contribution is 5.83. The summed E-state index contributed by atoms with van der Waals surface area (Å²) in [6, 6.07) is 16.6. The minimum absolute atomic E-state index is 0.619. The van der Waals surface area contributed by atoms with Crippen LogP contribution in [0.25, 0.3) is 22.0 Å². The zero-order valence-electron chi connectivity index (χ0n) is 13.5. The van der Waals surface area contributed by atoms with Crippen molar-refractivity contribution in [3.63, 3.8) is 0 Å². The number of nitrogens with zero attached hydrogens (tertiary/aromatic N) is 1. The monoisotopic (exact) mass is 353 g/mol. The maximum Gasteiger partial charge on any atom is 0.416 e. The maximum atomic E-state index is 12.7. The highest BCUT2D eigenvalue weighted by atomic mass is 19.4. The van der Waals surface area contributed by atoms with Crippen LogP contribution in [0.3, 0.4) is 0 Å². The molecule has 2 N–H and O–H groups in total. The van der Waals surface area contributed by atoms with E-state index >= 15 is 0 Å². The van der Waals surface area contributed by atoms with E-state index < -0.39 is 11.7 Å². The molecule has 26 heavy (non-hydrogen) atoms. The molecule has 0 fully saturated rings. The summed E-state index contributed by atoms with van der Waals surface area (Å²) in [6.07, 6.45) is -0.833. The van der Waals surface area contributed by atoms with Gasteiger partial charge in [0.15, 0.2) is 0 Å². The summed E-state index contributed by atoms with van der Waals surface area (Å²) in [5, 5.41) is 4.33. The maximum absolute atomic E-state index is 12.7. The Hall–Kier alpha value is -3.28. The third kappa shape index (κ3) is 3.26. The predicted octanol–water partition coefficient (Wildman–Crippen LogP) is 5.99. The molecule has 0 saturated carbocycles. The van der Waals surface area contributed by atoms with E-state index in [-0.39, 0.29) is 0 Å². The van der Waals surface area contributed by atoms with Gasteiger partial charge in [0, 0.05) is 23.6 Å². The summed E-state index contributed by atoms with van der Waals surface area (Å²) < 4.78 is 38.1. The number of pyridine rings is 1. The molecule has 4 aromatic rings. The SMILES string of the molecule is FC(F)(F)c1ccc(-c2ccnc(Nc3ccc4cc[nH]c4c3)c2)cc1. The van der Waals surface area contributed by atoms with Crippen LogP contribution in [0.15, 0.2) is 73.1 Å². The third-order valence-corrected chi connectivity index (χ3v) is 4.13. The van der Waals surface area contributed by atoms with Crippen LogP contribution in [0.2, 0.25) is 0 Å². The molecule has 6 heteroatoms. The van der Waals surface area contributed by atoms with Crippen LogP contribution in [0, 0.1) is 0 Å². The summed E-state index contributed by atoms with van der Waals surface area (Å²) >= 11 is 0. The quantitative estimate of drug-likeness (QED) is 0.475. The highest BCUT2D eigenvalue weighted by Crippen LogP contribution is 2.31. The first-order valence-electron chi connectivity index (χ1n) is 7.97. The summed E-state index contributed by atoms with van der Waals surface area (Å²) in [5.74, 6) is 0.619. The van der Waals surface area contributed by atoms with Gasteiger partial charge in [0.25, 0.3) is 0 Å². The van der Waals surface area contributed by atoms with Crippen molar-refractivity contribution in [1.29, 1.82) is 0 Å². The molecule has 0 bridgehead atoms. The largest absolute Gasteiger partial charge is 0.416 e. The number of H-pyrrole nitrogens is 1.